The Morgan fingerprint density at radius 1 is 0.552 bits per heavy atom. The first-order valence-corrected chi connectivity index (χ1v) is 13.8. The molecule has 0 fully saturated rings. The monoisotopic (exact) mass is 534 g/mol. The van der Waals surface area contributed by atoms with E-state index >= 15 is 0 Å². The zero-order chi connectivity index (χ0) is 22.6. The minimum Gasteiger partial charge on any atom is -1.00 e. The summed E-state index contributed by atoms with van der Waals surface area (Å²) in [5.74, 6) is 0. The van der Waals surface area contributed by atoms with E-state index in [4.69, 9.17) is 10.5 Å². The van der Waals surface area contributed by atoms with Crippen LogP contribution in [0.3, 0.4) is 0 Å². The van der Waals surface area contributed by atoms with Gasteiger partial charge in [0.05, 0.1) is 32.9 Å². The Bertz CT molecular complexity index is 510. The molecule has 2 nitrogen and oxygen atoms in total. The standard InChI is InChI=1S/C24H44P2.O2.Pd/c1-21(2,3)25(22(4,5)6)17-19-15-13-14-16-20(19)18-26(23(7,8)9)24(10,11)12;1-2;/h13-16H,17-18H2,1-12H3;;/q;-2;+2/p+2. The molecule has 0 unspecified atom stereocenters. The third kappa shape index (κ3) is 10.7. The Balaban J connectivity index is 0. The van der Waals surface area contributed by atoms with Gasteiger partial charge in [0, 0.05) is 15.8 Å². The van der Waals surface area contributed by atoms with Crippen molar-refractivity contribution in [3.8, 4) is 0 Å². The minimum absolute atomic E-state index is 0. The van der Waals surface area contributed by atoms with Gasteiger partial charge in [-0.05, 0) is 94.2 Å². The smallest absolute Gasteiger partial charge is 1.00 e. The Morgan fingerprint density at radius 3 is 0.931 bits per heavy atom. The largest absolute Gasteiger partial charge is 2.00 e. The van der Waals surface area contributed by atoms with Gasteiger partial charge in [0.1, 0.15) is 0 Å². The van der Waals surface area contributed by atoms with Crippen molar-refractivity contribution in [2.45, 2.75) is 116 Å². The molecule has 5 heteroatoms. The van der Waals surface area contributed by atoms with Crippen molar-refractivity contribution in [1.82, 2.24) is 0 Å². The summed E-state index contributed by atoms with van der Waals surface area (Å²) >= 11 is 0. The molecule has 0 aliphatic carbocycles. The summed E-state index contributed by atoms with van der Waals surface area (Å²) in [6, 6.07) is 9.35. The molecular weight excluding hydrogens is 489 g/mol. The van der Waals surface area contributed by atoms with E-state index in [9.17, 15) is 0 Å². The topological polar surface area (TPSA) is 46.1 Å². The van der Waals surface area contributed by atoms with E-state index in [1.165, 1.54) is 12.3 Å². The van der Waals surface area contributed by atoms with Gasteiger partial charge in [0.15, 0.2) is 0 Å². The second kappa shape index (κ2) is 12.1. The van der Waals surface area contributed by atoms with Crippen molar-refractivity contribution >= 4 is 15.8 Å². The van der Waals surface area contributed by atoms with Gasteiger partial charge < -0.3 is 10.5 Å². The number of hydrogen-bond acceptors (Lipinski definition) is 2. The maximum atomic E-state index is 7.00. The molecule has 0 saturated heterocycles. The Labute approximate surface area is 197 Å². The molecule has 1 aromatic rings. The Hall–Kier alpha value is 0.662. The SMILES string of the molecule is CC(C)(C)[PH+](Cc1ccccc1C[PH+](C(C)(C)C)C(C)(C)C)C(C)(C)C.[O-][O-].[Pd+2]. The molecule has 1 rings (SSSR count). The van der Waals surface area contributed by atoms with Crippen LogP contribution in [0.2, 0.25) is 0 Å². The summed E-state index contributed by atoms with van der Waals surface area (Å²) in [5, 5.41) is 15.7. The number of benzene rings is 1. The van der Waals surface area contributed by atoms with Crippen LogP contribution in [0.1, 0.15) is 94.2 Å². The molecule has 0 N–H and O–H groups in total. The van der Waals surface area contributed by atoms with E-state index in [0.29, 0.717) is 20.6 Å². The molecule has 0 spiro atoms. The van der Waals surface area contributed by atoms with E-state index in [0.717, 1.165) is 0 Å². The number of hydrogen-bond donors (Lipinski definition) is 0. The van der Waals surface area contributed by atoms with Gasteiger partial charge in [-0.1, -0.05) is 24.3 Å². The van der Waals surface area contributed by atoms with Gasteiger partial charge in [-0.25, -0.2) is 0 Å². The zero-order valence-corrected chi connectivity index (χ0v) is 24.4. The van der Waals surface area contributed by atoms with E-state index in [-0.39, 0.29) is 20.4 Å². The normalized spacial score (nSPS) is 13.1. The maximum Gasteiger partial charge on any atom is 2.00 e. The molecule has 0 aromatic heterocycles. The molecule has 0 radical (unpaired) electrons. The third-order valence-corrected chi connectivity index (χ3v) is 14.2. The molecule has 0 atom stereocenters. The first-order chi connectivity index (χ1) is 12.4. The minimum atomic E-state index is -0.544. The molecule has 172 valence electrons. The molecule has 29 heavy (non-hydrogen) atoms. The van der Waals surface area contributed by atoms with Crippen molar-refractivity contribution in [3.05, 3.63) is 35.4 Å². The predicted molar refractivity (Wildman–Crippen MR) is 129 cm³/mol. The zero-order valence-electron chi connectivity index (χ0n) is 20.9. The average Bonchev–Trinajstić information content (AvgIpc) is 2.48. The van der Waals surface area contributed by atoms with E-state index in [1.54, 1.807) is 11.1 Å². The van der Waals surface area contributed by atoms with Gasteiger partial charge >= 0.3 is 20.4 Å². The first-order valence-electron chi connectivity index (χ1n) is 10.4. The second-order valence-corrected chi connectivity index (χ2v) is 20.7. The molecular formula is C24H46O2P2Pd+2. The summed E-state index contributed by atoms with van der Waals surface area (Å²) in [6.07, 6.45) is 2.58. The first kappa shape index (κ1) is 31.8. The van der Waals surface area contributed by atoms with Gasteiger partial charge in [-0.3, -0.25) is 0 Å². The number of rotatable bonds is 4. The van der Waals surface area contributed by atoms with Crippen LogP contribution in [0.15, 0.2) is 24.3 Å². The van der Waals surface area contributed by atoms with Crippen molar-refractivity contribution in [2.24, 2.45) is 0 Å². The predicted octanol–water partition coefficient (Wildman–Crippen LogP) is 5.93. The summed E-state index contributed by atoms with van der Waals surface area (Å²) in [7, 11) is -1.09. The average molecular weight is 535 g/mol. The maximum absolute atomic E-state index is 7.00. The fraction of sp³-hybridized carbons (Fsp3) is 0.750. The van der Waals surface area contributed by atoms with Crippen LogP contribution in [-0.4, -0.2) is 20.6 Å². The Morgan fingerprint density at radius 2 is 0.759 bits per heavy atom. The molecule has 0 saturated carbocycles. The van der Waals surface area contributed by atoms with Gasteiger partial charge in [0.25, 0.3) is 0 Å². The van der Waals surface area contributed by atoms with Crippen molar-refractivity contribution in [1.29, 1.82) is 0 Å². The quantitative estimate of drug-likeness (QED) is 0.208. The molecule has 0 amide bonds. The summed E-state index contributed by atoms with van der Waals surface area (Å²) in [4.78, 5) is 0. The molecule has 0 aliphatic heterocycles. The van der Waals surface area contributed by atoms with E-state index < -0.39 is 15.8 Å². The van der Waals surface area contributed by atoms with Crippen molar-refractivity contribution in [2.75, 3.05) is 0 Å². The molecule has 0 bridgehead atoms. The summed E-state index contributed by atoms with van der Waals surface area (Å²) in [5.41, 5.74) is 3.25. The van der Waals surface area contributed by atoms with Crippen molar-refractivity contribution in [3.63, 3.8) is 0 Å². The molecule has 0 aliphatic rings. The fourth-order valence-electron chi connectivity index (χ4n) is 4.59. The van der Waals surface area contributed by atoms with Crippen LogP contribution in [0.4, 0.5) is 0 Å². The summed E-state index contributed by atoms with van der Waals surface area (Å²) < 4.78 is 0. The van der Waals surface area contributed by atoms with E-state index in [2.05, 4.69) is 107 Å². The van der Waals surface area contributed by atoms with Crippen LogP contribution in [-0.2, 0) is 32.7 Å². The fourth-order valence-corrected chi connectivity index (χ4v) is 12.7. The van der Waals surface area contributed by atoms with Gasteiger partial charge in [-0.15, -0.1) is 0 Å². The summed E-state index contributed by atoms with van der Waals surface area (Å²) in [6.45, 7) is 29.4. The molecule has 1 aromatic carbocycles. The van der Waals surface area contributed by atoms with Gasteiger partial charge in [-0.2, -0.15) is 0 Å². The third-order valence-electron chi connectivity index (χ3n) is 5.47. The van der Waals surface area contributed by atoms with Gasteiger partial charge in [0.2, 0.25) is 0 Å². The van der Waals surface area contributed by atoms with Crippen molar-refractivity contribution < 1.29 is 30.9 Å². The van der Waals surface area contributed by atoms with Crippen LogP contribution < -0.4 is 10.5 Å². The van der Waals surface area contributed by atoms with Crippen LogP contribution in [0, 0.1) is 0 Å². The molecule has 0 heterocycles. The van der Waals surface area contributed by atoms with Crippen LogP contribution in [0.25, 0.3) is 0 Å². The van der Waals surface area contributed by atoms with E-state index in [1.807, 2.05) is 0 Å². The second-order valence-electron chi connectivity index (χ2n) is 12.1. The Kier molecular flexibility index (Phi) is 13.2. The van der Waals surface area contributed by atoms with Crippen LogP contribution in [0.5, 0.6) is 0 Å². The van der Waals surface area contributed by atoms with Crippen LogP contribution >= 0.6 is 15.8 Å².